The van der Waals surface area contributed by atoms with E-state index < -0.39 is 14.9 Å². The van der Waals surface area contributed by atoms with Gasteiger partial charge in [0.05, 0.1) is 9.82 Å². The minimum absolute atomic E-state index is 0.0872. The molecule has 0 aliphatic carbocycles. The molecule has 134 valence electrons. The fraction of sp³-hybridized carbons (Fsp3) is 0.375. The monoisotopic (exact) mass is 364 g/mol. The highest BCUT2D eigenvalue weighted by Gasteiger charge is 2.31. The molecule has 2 aliphatic heterocycles. The van der Waals surface area contributed by atoms with E-state index in [1.807, 2.05) is 25.4 Å². The van der Waals surface area contributed by atoms with Gasteiger partial charge in [-0.2, -0.15) is 4.31 Å². The molecular formula is C16H20N4O4S. The summed E-state index contributed by atoms with van der Waals surface area (Å²) < 4.78 is 26.9. The summed E-state index contributed by atoms with van der Waals surface area (Å²) in [4.78, 5) is 14.6. The molecule has 25 heavy (non-hydrogen) atoms. The van der Waals surface area contributed by atoms with Gasteiger partial charge in [0.15, 0.2) is 0 Å². The summed E-state index contributed by atoms with van der Waals surface area (Å²) in [5.74, 6) is 0. The van der Waals surface area contributed by atoms with Crippen molar-refractivity contribution in [1.82, 2.24) is 14.1 Å². The summed E-state index contributed by atoms with van der Waals surface area (Å²) in [6, 6.07) is 5.03. The van der Waals surface area contributed by atoms with Crippen LogP contribution in [0.25, 0.3) is 0 Å². The number of hydrogen-bond acceptors (Lipinski definition) is 6. The Balaban J connectivity index is 1.68. The van der Waals surface area contributed by atoms with Crippen LogP contribution in [-0.2, 0) is 10.0 Å². The van der Waals surface area contributed by atoms with E-state index in [4.69, 9.17) is 0 Å². The average molecular weight is 364 g/mol. The highest BCUT2D eigenvalue weighted by atomic mass is 32.2. The van der Waals surface area contributed by atoms with Crippen molar-refractivity contribution in [2.24, 2.45) is 0 Å². The molecule has 8 nitrogen and oxygen atoms in total. The van der Waals surface area contributed by atoms with E-state index in [2.05, 4.69) is 15.9 Å². The molecule has 1 aromatic rings. The van der Waals surface area contributed by atoms with E-state index in [0.29, 0.717) is 26.2 Å². The van der Waals surface area contributed by atoms with Crippen LogP contribution in [0.15, 0.2) is 53.6 Å². The van der Waals surface area contributed by atoms with Crippen molar-refractivity contribution in [3.8, 4) is 0 Å². The average Bonchev–Trinajstić information content (AvgIpc) is 2.62. The number of benzene rings is 1. The normalized spacial score (nSPS) is 22.3. The first-order valence-corrected chi connectivity index (χ1v) is 9.39. The molecule has 1 aromatic carbocycles. The zero-order valence-electron chi connectivity index (χ0n) is 13.9. The van der Waals surface area contributed by atoms with Gasteiger partial charge < -0.3 is 4.90 Å². The van der Waals surface area contributed by atoms with Gasteiger partial charge in [-0.3, -0.25) is 15.0 Å². The molecule has 0 spiro atoms. The van der Waals surface area contributed by atoms with Gasteiger partial charge in [0.1, 0.15) is 6.17 Å². The number of rotatable bonds is 4. The molecule has 2 heterocycles. The lowest BCUT2D eigenvalue weighted by molar-refractivity contribution is -0.384. The summed E-state index contributed by atoms with van der Waals surface area (Å²) in [7, 11) is -1.64. The van der Waals surface area contributed by atoms with Crippen molar-refractivity contribution in [2.45, 2.75) is 11.1 Å². The molecule has 0 saturated carbocycles. The number of allylic oxidation sites excluding steroid dienone is 2. The molecule has 0 N–H and O–H groups in total. The van der Waals surface area contributed by atoms with Gasteiger partial charge in [0, 0.05) is 51.6 Å². The number of nitro groups is 1. The fourth-order valence-electron chi connectivity index (χ4n) is 3.05. The smallest absolute Gasteiger partial charge is 0.269 e. The van der Waals surface area contributed by atoms with Crippen molar-refractivity contribution < 1.29 is 13.3 Å². The quantitative estimate of drug-likeness (QED) is 0.590. The van der Waals surface area contributed by atoms with Crippen molar-refractivity contribution >= 4 is 15.7 Å². The predicted molar refractivity (Wildman–Crippen MR) is 93.3 cm³/mol. The number of hydrogen-bond donors (Lipinski definition) is 0. The van der Waals surface area contributed by atoms with Crippen molar-refractivity contribution in [2.75, 3.05) is 33.2 Å². The molecule has 0 unspecified atom stereocenters. The van der Waals surface area contributed by atoms with Gasteiger partial charge in [0.2, 0.25) is 10.0 Å². The molecule has 2 aliphatic rings. The highest BCUT2D eigenvalue weighted by molar-refractivity contribution is 7.89. The summed E-state index contributed by atoms with van der Waals surface area (Å²) in [5, 5.41) is 10.7. The van der Waals surface area contributed by atoms with E-state index >= 15 is 0 Å². The van der Waals surface area contributed by atoms with Crippen molar-refractivity contribution in [3.05, 3.63) is 58.8 Å². The Hall–Kier alpha value is -2.23. The van der Waals surface area contributed by atoms with Crippen LogP contribution in [0.4, 0.5) is 5.69 Å². The Morgan fingerprint density at radius 1 is 1.08 bits per heavy atom. The second kappa shape index (κ2) is 6.95. The van der Waals surface area contributed by atoms with E-state index in [-0.39, 0.29) is 16.7 Å². The predicted octanol–water partition coefficient (Wildman–Crippen LogP) is 1.24. The lowest BCUT2D eigenvalue weighted by atomic mass is 10.2. The SMILES string of the molecule is CN1C=CC=C[C@H]1N1CCN(S(=O)(=O)c2ccc([N+](=O)[O-])cc2)CC1. The third-order valence-electron chi connectivity index (χ3n) is 4.47. The maximum atomic E-state index is 12.7. The van der Waals surface area contributed by atoms with E-state index in [0.717, 1.165) is 0 Å². The van der Waals surface area contributed by atoms with Crippen LogP contribution in [0.2, 0.25) is 0 Å². The number of non-ortho nitro benzene ring substituents is 1. The molecule has 1 saturated heterocycles. The van der Waals surface area contributed by atoms with E-state index in [9.17, 15) is 18.5 Å². The Morgan fingerprint density at radius 3 is 2.28 bits per heavy atom. The number of nitrogens with zero attached hydrogens (tertiary/aromatic N) is 4. The largest absolute Gasteiger partial charge is 0.362 e. The first-order chi connectivity index (χ1) is 11.9. The third kappa shape index (κ3) is 3.58. The van der Waals surface area contributed by atoms with Gasteiger partial charge in [-0.05, 0) is 24.3 Å². The maximum absolute atomic E-state index is 12.7. The first kappa shape index (κ1) is 17.6. The molecule has 1 atom stereocenters. The number of sulfonamides is 1. The zero-order valence-corrected chi connectivity index (χ0v) is 14.7. The molecule has 9 heteroatoms. The van der Waals surface area contributed by atoms with Crippen molar-refractivity contribution in [3.63, 3.8) is 0 Å². The molecule has 0 bridgehead atoms. The van der Waals surface area contributed by atoms with E-state index in [1.54, 1.807) is 0 Å². The second-order valence-electron chi connectivity index (χ2n) is 6.00. The van der Waals surface area contributed by atoms with E-state index in [1.165, 1.54) is 28.6 Å². The number of nitro benzene ring substituents is 1. The lowest BCUT2D eigenvalue weighted by Gasteiger charge is -2.41. The second-order valence-corrected chi connectivity index (χ2v) is 7.93. The lowest BCUT2D eigenvalue weighted by Crippen LogP contribution is -2.54. The standard InChI is InChI=1S/C16H20N4O4S/c1-17-9-3-2-4-16(17)18-10-12-19(13-11-18)25(23,24)15-7-5-14(6-8-15)20(21)22/h2-9,16H,10-13H2,1H3/t16-/m1/s1. The summed E-state index contributed by atoms with van der Waals surface area (Å²) >= 11 is 0. The van der Waals surface area contributed by atoms with Gasteiger partial charge in [-0.1, -0.05) is 6.08 Å². The topological polar surface area (TPSA) is 87.0 Å². The minimum atomic E-state index is -3.63. The van der Waals surface area contributed by atoms with Crippen LogP contribution in [0.3, 0.4) is 0 Å². The molecular weight excluding hydrogens is 344 g/mol. The summed E-state index contributed by atoms with van der Waals surface area (Å²) in [5.41, 5.74) is -0.121. The minimum Gasteiger partial charge on any atom is -0.362 e. The molecule has 0 aromatic heterocycles. The van der Waals surface area contributed by atoms with Gasteiger partial charge in [-0.15, -0.1) is 0 Å². The van der Waals surface area contributed by atoms with Gasteiger partial charge >= 0.3 is 0 Å². The van der Waals surface area contributed by atoms with Crippen LogP contribution in [0, 0.1) is 10.1 Å². The molecule has 3 rings (SSSR count). The molecule has 1 fully saturated rings. The number of likely N-dealkylation sites (N-methyl/N-ethyl adjacent to an activating group) is 1. The molecule has 0 amide bonds. The van der Waals surface area contributed by atoms with Crippen LogP contribution in [0.1, 0.15) is 0 Å². The summed E-state index contributed by atoms with van der Waals surface area (Å²) in [6.45, 7) is 2.03. The third-order valence-corrected chi connectivity index (χ3v) is 6.38. The summed E-state index contributed by atoms with van der Waals surface area (Å²) in [6.07, 6.45) is 8.16. The first-order valence-electron chi connectivity index (χ1n) is 7.95. The van der Waals surface area contributed by atoms with Crippen molar-refractivity contribution in [1.29, 1.82) is 0 Å². The van der Waals surface area contributed by atoms with Crippen LogP contribution in [-0.4, -0.2) is 66.8 Å². The number of piperazine rings is 1. The maximum Gasteiger partial charge on any atom is 0.269 e. The Morgan fingerprint density at radius 2 is 1.72 bits per heavy atom. The fourth-order valence-corrected chi connectivity index (χ4v) is 4.47. The Bertz CT molecular complexity index is 796. The Labute approximate surface area is 146 Å². The van der Waals surface area contributed by atoms with Gasteiger partial charge in [0.25, 0.3) is 5.69 Å². The zero-order chi connectivity index (χ0) is 18.0. The Kier molecular flexibility index (Phi) is 4.89. The van der Waals surface area contributed by atoms with Crippen LogP contribution >= 0.6 is 0 Å². The molecule has 0 radical (unpaired) electrons. The highest BCUT2D eigenvalue weighted by Crippen LogP contribution is 2.22. The van der Waals surface area contributed by atoms with Crippen LogP contribution < -0.4 is 0 Å². The van der Waals surface area contributed by atoms with Gasteiger partial charge in [-0.25, -0.2) is 8.42 Å². The van der Waals surface area contributed by atoms with Crippen LogP contribution in [0.5, 0.6) is 0 Å².